The second kappa shape index (κ2) is 7.98. The molecule has 0 saturated carbocycles. The molecule has 0 fully saturated rings. The van der Waals surface area contributed by atoms with Crippen molar-refractivity contribution < 1.29 is 22.6 Å². The first kappa shape index (κ1) is 20.2. The van der Waals surface area contributed by atoms with E-state index in [1.807, 2.05) is 6.07 Å². The summed E-state index contributed by atoms with van der Waals surface area (Å²) in [5, 5.41) is 12.5. The molecule has 0 atom stereocenters. The number of ether oxygens (including phenoxy) is 2. The van der Waals surface area contributed by atoms with Gasteiger partial charge in [0.1, 0.15) is 35.7 Å². The Balaban J connectivity index is 1.49. The molecule has 2 aromatic heterocycles. The van der Waals surface area contributed by atoms with Gasteiger partial charge in [-0.2, -0.15) is 23.4 Å². The largest absolute Gasteiger partial charge is 0.473 e. The molecule has 8 nitrogen and oxygen atoms in total. The summed E-state index contributed by atoms with van der Waals surface area (Å²) in [5.41, 5.74) is -0.824. The van der Waals surface area contributed by atoms with E-state index in [0.717, 1.165) is 12.3 Å². The van der Waals surface area contributed by atoms with Gasteiger partial charge in [0.15, 0.2) is 0 Å². The smallest absolute Gasteiger partial charge is 0.433 e. The van der Waals surface area contributed by atoms with Gasteiger partial charge in [0.25, 0.3) is 0 Å². The van der Waals surface area contributed by atoms with E-state index in [1.54, 1.807) is 12.1 Å². The Bertz CT molecular complexity index is 1230. The van der Waals surface area contributed by atoms with Crippen molar-refractivity contribution in [2.75, 3.05) is 11.9 Å². The molecule has 0 radical (unpaired) electrons. The van der Waals surface area contributed by atoms with Crippen LogP contribution in [0.25, 0.3) is 0 Å². The second-order valence-electron chi connectivity index (χ2n) is 6.55. The predicted molar refractivity (Wildman–Crippen MR) is 102 cm³/mol. The Morgan fingerprint density at radius 1 is 1.23 bits per heavy atom. The van der Waals surface area contributed by atoms with Crippen molar-refractivity contribution in [2.45, 2.75) is 19.3 Å². The Labute approximate surface area is 173 Å². The van der Waals surface area contributed by atoms with E-state index in [-0.39, 0.29) is 29.5 Å². The number of hydrogen-bond acceptors (Lipinski definition) is 7. The van der Waals surface area contributed by atoms with E-state index in [0.29, 0.717) is 24.5 Å². The molecule has 0 amide bonds. The van der Waals surface area contributed by atoms with Crippen molar-refractivity contribution in [3.63, 3.8) is 0 Å². The normalized spacial score (nSPS) is 12.6. The lowest BCUT2D eigenvalue weighted by Crippen LogP contribution is -2.21. The maximum absolute atomic E-state index is 12.8. The number of nitrogens with one attached hydrogen (secondary N) is 1. The zero-order chi connectivity index (χ0) is 22.0. The fourth-order valence-electron chi connectivity index (χ4n) is 2.97. The molecule has 0 spiro atoms. The lowest BCUT2D eigenvalue weighted by molar-refractivity contribution is -0.141. The number of hydrogen-bond donors (Lipinski definition) is 1. The predicted octanol–water partition coefficient (Wildman–Crippen LogP) is 3.33. The number of pyridine rings is 1. The highest BCUT2D eigenvalue weighted by atomic mass is 19.4. The van der Waals surface area contributed by atoms with Crippen LogP contribution in [0.2, 0.25) is 0 Å². The van der Waals surface area contributed by atoms with Gasteiger partial charge in [0.2, 0.25) is 5.88 Å². The van der Waals surface area contributed by atoms with Crippen LogP contribution in [0.15, 0.2) is 47.4 Å². The summed E-state index contributed by atoms with van der Waals surface area (Å²) >= 11 is 0. The van der Waals surface area contributed by atoms with Crippen molar-refractivity contribution in [3.8, 4) is 23.4 Å². The summed E-state index contributed by atoms with van der Waals surface area (Å²) < 4.78 is 51.0. The van der Waals surface area contributed by atoms with Gasteiger partial charge in [-0.15, -0.1) is 0 Å². The molecule has 31 heavy (non-hydrogen) atoms. The van der Waals surface area contributed by atoms with Crippen LogP contribution in [0, 0.1) is 11.3 Å². The Hall–Kier alpha value is -4.07. The van der Waals surface area contributed by atoms with Crippen LogP contribution >= 0.6 is 0 Å². The van der Waals surface area contributed by atoms with Crippen LogP contribution in [-0.2, 0) is 19.3 Å². The molecule has 158 valence electrons. The van der Waals surface area contributed by atoms with Crippen molar-refractivity contribution in [2.24, 2.45) is 0 Å². The first-order chi connectivity index (χ1) is 14.8. The summed E-state index contributed by atoms with van der Waals surface area (Å²) in [6.07, 6.45) is -3.63. The van der Waals surface area contributed by atoms with Crippen molar-refractivity contribution in [3.05, 3.63) is 69.9 Å². The third kappa shape index (κ3) is 4.42. The number of alkyl halides is 3. The van der Waals surface area contributed by atoms with E-state index in [2.05, 4.69) is 15.3 Å². The fraction of sp³-hybridized carbons (Fsp3) is 0.200. The summed E-state index contributed by atoms with van der Waals surface area (Å²) in [6, 6.07) is 10.1. The molecule has 4 rings (SSSR count). The number of halogens is 3. The molecule has 11 heteroatoms. The summed E-state index contributed by atoms with van der Waals surface area (Å²) in [5.74, 6) is 0.745. The monoisotopic (exact) mass is 429 g/mol. The molecule has 0 unspecified atom stereocenters. The maximum Gasteiger partial charge on any atom is 0.433 e. The lowest BCUT2D eigenvalue weighted by Gasteiger charge is -2.12. The second-order valence-corrected chi connectivity index (χ2v) is 6.55. The molecule has 1 aliphatic heterocycles. The number of fused-ring (bicyclic) bond motifs is 1. The molecule has 0 aliphatic carbocycles. The molecule has 1 N–H and O–H groups in total. The number of nitrogens with zero attached hydrogens (tertiary/aromatic N) is 4. The third-order valence-electron chi connectivity index (χ3n) is 4.43. The first-order valence-corrected chi connectivity index (χ1v) is 9.06. The maximum atomic E-state index is 12.8. The highest BCUT2D eigenvalue weighted by Crippen LogP contribution is 2.32. The van der Waals surface area contributed by atoms with E-state index >= 15 is 0 Å². The quantitative estimate of drug-likeness (QED) is 0.664. The van der Waals surface area contributed by atoms with Gasteiger partial charge in [0.05, 0.1) is 5.56 Å². The molecule has 1 aliphatic rings. The summed E-state index contributed by atoms with van der Waals surface area (Å²) in [6.45, 7) is 1.20. The van der Waals surface area contributed by atoms with Crippen LogP contribution in [0.5, 0.6) is 17.4 Å². The van der Waals surface area contributed by atoms with Crippen LogP contribution < -0.4 is 20.5 Å². The lowest BCUT2D eigenvalue weighted by atomic mass is 10.1. The van der Waals surface area contributed by atoms with Gasteiger partial charge in [-0.25, -0.2) is 4.79 Å². The Morgan fingerprint density at radius 3 is 2.84 bits per heavy atom. The fourth-order valence-corrected chi connectivity index (χ4v) is 2.97. The molecule has 3 heterocycles. The summed E-state index contributed by atoms with van der Waals surface area (Å²) in [7, 11) is 0. The third-order valence-corrected chi connectivity index (χ3v) is 4.43. The molecule has 1 aromatic carbocycles. The van der Waals surface area contributed by atoms with Crippen molar-refractivity contribution >= 4 is 5.82 Å². The number of nitriles is 1. The molecular weight excluding hydrogens is 415 g/mol. The molecule has 0 bridgehead atoms. The van der Waals surface area contributed by atoms with Crippen LogP contribution in [0.4, 0.5) is 19.0 Å². The average molecular weight is 429 g/mol. The minimum absolute atomic E-state index is 0.0261. The molecule has 0 saturated heterocycles. The first-order valence-electron chi connectivity index (χ1n) is 9.06. The van der Waals surface area contributed by atoms with E-state index in [4.69, 9.17) is 9.47 Å². The van der Waals surface area contributed by atoms with Gasteiger partial charge in [-0.05, 0) is 23.8 Å². The highest BCUT2D eigenvalue weighted by molar-refractivity contribution is 5.47. The topological polar surface area (TPSA) is 102 Å². The van der Waals surface area contributed by atoms with E-state index < -0.39 is 17.6 Å². The number of anilines is 1. The van der Waals surface area contributed by atoms with Gasteiger partial charge >= 0.3 is 11.9 Å². The van der Waals surface area contributed by atoms with Gasteiger partial charge < -0.3 is 14.8 Å². The standard InChI is InChI=1S/C20H14F3N5O3/c21-20(22,23)16-8-14(3-4-25-16)31-15-2-1-12(7-13(15)10-24)11-30-18-9-17-26-5-6-28(17)19(29)27-18/h1-4,7-9,26H,5-6,11H2. The van der Waals surface area contributed by atoms with E-state index in [1.165, 1.54) is 22.8 Å². The summed E-state index contributed by atoms with van der Waals surface area (Å²) in [4.78, 5) is 19.1. The van der Waals surface area contributed by atoms with Crippen LogP contribution in [0.1, 0.15) is 16.8 Å². The highest BCUT2D eigenvalue weighted by Gasteiger charge is 2.32. The number of benzene rings is 1. The van der Waals surface area contributed by atoms with Crippen LogP contribution in [0.3, 0.4) is 0 Å². The van der Waals surface area contributed by atoms with Gasteiger partial charge in [-0.3, -0.25) is 9.55 Å². The average Bonchev–Trinajstić information content (AvgIpc) is 3.22. The van der Waals surface area contributed by atoms with Crippen molar-refractivity contribution in [1.82, 2.24) is 14.5 Å². The molecule has 3 aromatic rings. The van der Waals surface area contributed by atoms with Crippen molar-refractivity contribution in [1.29, 1.82) is 5.26 Å². The van der Waals surface area contributed by atoms with Gasteiger partial charge in [0, 0.05) is 31.4 Å². The van der Waals surface area contributed by atoms with Gasteiger partial charge in [-0.1, -0.05) is 6.07 Å². The van der Waals surface area contributed by atoms with Crippen LogP contribution in [-0.4, -0.2) is 21.1 Å². The minimum Gasteiger partial charge on any atom is -0.473 e. The SMILES string of the molecule is N#Cc1cc(COc2cc3n(c(=O)n2)CCN3)ccc1Oc1ccnc(C(F)(F)F)c1. The number of aromatic nitrogens is 3. The Kier molecular flexibility index (Phi) is 5.21. The minimum atomic E-state index is -4.61. The zero-order valence-corrected chi connectivity index (χ0v) is 15.8. The Morgan fingerprint density at radius 2 is 2.06 bits per heavy atom. The van der Waals surface area contributed by atoms with E-state index in [9.17, 15) is 23.2 Å². The molecular formula is C20H14F3N5O3. The zero-order valence-electron chi connectivity index (χ0n) is 15.8. The number of rotatable bonds is 5.